The Morgan fingerprint density at radius 3 is 2.62 bits per heavy atom. The molecule has 142 valence electrons. The van der Waals surface area contributed by atoms with E-state index in [9.17, 15) is 26.4 Å². The summed E-state index contributed by atoms with van der Waals surface area (Å²) in [6.45, 7) is 0.936. The molecule has 13 heteroatoms. The molecular formula is C13H13F3N4O5S. The van der Waals surface area contributed by atoms with Crippen molar-refractivity contribution in [2.24, 2.45) is 0 Å². The van der Waals surface area contributed by atoms with Gasteiger partial charge in [0.15, 0.2) is 27.2 Å². The van der Waals surface area contributed by atoms with Gasteiger partial charge in [0, 0.05) is 18.5 Å². The van der Waals surface area contributed by atoms with Crippen molar-refractivity contribution in [3.8, 4) is 11.8 Å². The zero-order valence-corrected chi connectivity index (χ0v) is 14.3. The first-order valence-corrected chi connectivity index (χ1v) is 8.90. The van der Waals surface area contributed by atoms with Crippen LogP contribution in [0, 0.1) is 0 Å². The molecule has 0 fully saturated rings. The molecule has 0 radical (unpaired) electrons. The van der Waals surface area contributed by atoms with E-state index in [2.05, 4.69) is 19.8 Å². The highest BCUT2D eigenvalue weighted by Crippen LogP contribution is 2.31. The third-order valence-electron chi connectivity index (χ3n) is 2.80. The Morgan fingerprint density at radius 2 is 2.04 bits per heavy atom. The van der Waals surface area contributed by atoms with Crippen molar-refractivity contribution in [3.63, 3.8) is 0 Å². The van der Waals surface area contributed by atoms with Gasteiger partial charge in [-0.3, -0.25) is 0 Å². The lowest BCUT2D eigenvalue weighted by atomic mass is 10.4. The van der Waals surface area contributed by atoms with E-state index in [0.717, 1.165) is 18.5 Å². The van der Waals surface area contributed by atoms with Gasteiger partial charge >= 0.3 is 12.1 Å². The number of rotatable bonds is 6. The molecule has 0 N–H and O–H groups in total. The van der Waals surface area contributed by atoms with Crippen molar-refractivity contribution in [3.05, 3.63) is 24.0 Å². The van der Waals surface area contributed by atoms with Gasteiger partial charge in [-0.25, -0.2) is 18.2 Å². The smallest absolute Gasteiger partial charge is 0.435 e. The molecule has 0 unspecified atom stereocenters. The molecule has 0 saturated heterocycles. The maximum absolute atomic E-state index is 12.9. The average Bonchev–Trinajstić information content (AvgIpc) is 2.97. The molecule has 0 aliphatic heterocycles. The van der Waals surface area contributed by atoms with Crippen LogP contribution >= 0.6 is 0 Å². The highest BCUT2D eigenvalue weighted by atomic mass is 32.2. The van der Waals surface area contributed by atoms with Gasteiger partial charge in [-0.1, -0.05) is 0 Å². The Morgan fingerprint density at radius 1 is 1.35 bits per heavy atom. The molecular weight excluding hydrogens is 381 g/mol. The number of aromatic nitrogens is 4. The van der Waals surface area contributed by atoms with Crippen molar-refractivity contribution in [1.82, 2.24) is 19.7 Å². The van der Waals surface area contributed by atoms with E-state index in [-0.39, 0.29) is 6.61 Å². The molecule has 0 aliphatic rings. The Hall–Kier alpha value is -2.70. The van der Waals surface area contributed by atoms with Crippen LogP contribution in [-0.2, 0) is 25.5 Å². The highest BCUT2D eigenvalue weighted by molar-refractivity contribution is 7.90. The molecule has 26 heavy (non-hydrogen) atoms. The van der Waals surface area contributed by atoms with E-state index in [1.807, 2.05) is 0 Å². The van der Waals surface area contributed by atoms with E-state index in [1.165, 1.54) is 0 Å². The van der Waals surface area contributed by atoms with Crippen LogP contribution < -0.4 is 4.74 Å². The summed E-state index contributed by atoms with van der Waals surface area (Å²) < 4.78 is 72.1. The fourth-order valence-corrected chi connectivity index (χ4v) is 2.28. The molecule has 0 spiro atoms. The van der Waals surface area contributed by atoms with Gasteiger partial charge in [-0.15, -0.1) is 0 Å². The largest absolute Gasteiger partial charge is 0.465 e. The van der Waals surface area contributed by atoms with Crippen LogP contribution in [0.4, 0.5) is 13.2 Å². The van der Waals surface area contributed by atoms with E-state index >= 15 is 0 Å². The van der Waals surface area contributed by atoms with Gasteiger partial charge in [-0.05, 0) is 13.0 Å². The second kappa shape index (κ2) is 7.27. The Kier molecular flexibility index (Phi) is 5.49. The van der Waals surface area contributed by atoms with Crippen LogP contribution in [0.3, 0.4) is 0 Å². The molecule has 0 atom stereocenters. The predicted molar refractivity (Wildman–Crippen MR) is 79.4 cm³/mol. The predicted octanol–water partition coefficient (Wildman–Crippen LogP) is 1.03. The molecule has 0 aliphatic carbocycles. The van der Waals surface area contributed by atoms with E-state index in [4.69, 9.17) is 4.74 Å². The Labute approximate surface area is 145 Å². The van der Waals surface area contributed by atoms with Gasteiger partial charge in [0.2, 0.25) is 5.88 Å². The minimum atomic E-state index is -4.80. The quantitative estimate of drug-likeness (QED) is 0.527. The van der Waals surface area contributed by atoms with Crippen LogP contribution in [-0.4, -0.2) is 53.6 Å². The summed E-state index contributed by atoms with van der Waals surface area (Å²) in [5.74, 6) is -1.78. The zero-order chi connectivity index (χ0) is 19.5. The first kappa shape index (κ1) is 19.6. The number of alkyl halides is 3. The highest BCUT2D eigenvalue weighted by Gasteiger charge is 2.36. The van der Waals surface area contributed by atoms with Crippen molar-refractivity contribution >= 4 is 15.8 Å². The summed E-state index contributed by atoms with van der Waals surface area (Å²) in [5.41, 5.74) is -1.33. The van der Waals surface area contributed by atoms with Crippen molar-refractivity contribution in [2.75, 3.05) is 19.5 Å². The number of halogens is 3. The SMILES string of the molecule is CCOC(=O)COc1cc(C(F)(F)F)nn1-c1nccc(S(C)(=O)=O)n1. The monoisotopic (exact) mass is 394 g/mol. The molecule has 2 rings (SSSR count). The van der Waals surface area contributed by atoms with Crippen LogP contribution in [0.1, 0.15) is 12.6 Å². The van der Waals surface area contributed by atoms with Crippen molar-refractivity contribution < 1.29 is 35.9 Å². The summed E-state index contributed by atoms with van der Waals surface area (Å²) in [5, 5.41) is 2.88. The van der Waals surface area contributed by atoms with Gasteiger partial charge < -0.3 is 9.47 Å². The molecule has 2 heterocycles. The third-order valence-corrected chi connectivity index (χ3v) is 3.78. The van der Waals surface area contributed by atoms with E-state index in [1.54, 1.807) is 6.92 Å². The molecule has 2 aromatic rings. The second-order valence-corrected chi connectivity index (χ2v) is 6.80. The van der Waals surface area contributed by atoms with Gasteiger partial charge in [0.1, 0.15) is 0 Å². The molecule has 9 nitrogen and oxygen atoms in total. The summed E-state index contributed by atoms with van der Waals surface area (Å²) >= 11 is 0. The van der Waals surface area contributed by atoms with Gasteiger partial charge in [0.25, 0.3) is 5.95 Å². The summed E-state index contributed by atoms with van der Waals surface area (Å²) in [6, 6.07) is 1.61. The molecule has 0 amide bonds. The normalized spacial score (nSPS) is 12.0. The lowest BCUT2D eigenvalue weighted by molar-refractivity contribution is -0.145. The minimum Gasteiger partial charge on any atom is -0.465 e. The molecule has 0 saturated carbocycles. The number of carbonyl (C=O) groups is 1. The fraction of sp³-hybridized carbons (Fsp3) is 0.385. The van der Waals surface area contributed by atoms with Crippen molar-refractivity contribution in [2.45, 2.75) is 18.1 Å². The number of ether oxygens (including phenoxy) is 2. The second-order valence-electron chi connectivity index (χ2n) is 4.84. The first-order valence-electron chi connectivity index (χ1n) is 7.01. The standard InChI is InChI=1S/C13H13F3N4O5S/c1-3-24-11(21)7-25-10-6-8(13(14,15)16)19-20(10)12-17-5-4-9(18-12)26(2,22)23/h4-6H,3,7H2,1-2H3. The number of hydrogen-bond acceptors (Lipinski definition) is 8. The lowest BCUT2D eigenvalue weighted by Crippen LogP contribution is -2.17. The molecule has 2 aromatic heterocycles. The van der Waals surface area contributed by atoms with E-state index < -0.39 is 51.1 Å². The summed E-state index contributed by atoms with van der Waals surface area (Å²) in [4.78, 5) is 18.7. The maximum atomic E-state index is 12.9. The average molecular weight is 394 g/mol. The van der Waals surface area contributed by atoms with Crippen LogP contribution in [0.5, 0.6) is 5.88 Å². The third kappa shape index (κ3) is 4.68. The van der Waals surface area contributed by atoms with Gasteiger partial charge in [0.05, 0.1) is 6.61 Å². The maximum Gasteiger partial charge on any atom is 0.435 e. The minimum absolute atomic E-state index is 0.0643. The molecule has 0 aromatic carbocycles. The Balaban J connectivity index is 2.46. The number of esters is 1. The van der Waals surface area contributed by atoms with Gasteiger partial charge in [-0.2, -0.15) is 27.9 Å². The molecule has 0 bridgehead atoms. The topological polar surface area (TPSA) is 113 Å². The van der Waals surface area contributed by atoms with Crippen LogP contribution in [0.15, 0.2) is 23.4 Å². The van der Waals surface area contributed by atoms with Crippen LogP contribution in [0.2, 0.25) is 0 Å². The fourth-order valence-electron chi connectivity index (χ4n) is 1.73. The zero-order valence-electron chi connectivity index (χ0n) is 13.5. The summed E-state index contributed by atoms with van der Waals surface area (Å²) in [7, 11) is -3.73. The number of hydrogen-bond donors (Lipinski definition) is 0. The number of nitrogens with zero attached hydrogens (tertiary/aromatic N) is 4. The lowest BCUT2D eigenvalue weighted by Gasteiger charge is -2.08. The first-order chi connectivity index (χ1) is 12.0. The van der Waals surface area contributed by atoms with E-state index in [0.29, 0.717) is 10.7 Å². The van der Waals surface area contributed by atoms with Crippen molar-refractivity contribution in [1.29, 1.82) is 0 Å². The number of sulfone groups is 1. The Bertz CT molecular complexity index is 911. The number of carbonyl (C=O) groups excluding carboxylic acids is 1. The van der Waals surface area contributed by atoms with Crippen LogP contribution in [0.25, 0.3) is 5.95 Å². The summed E-state index contributed by atoms with van der Waals surface area (Å²) in [6.07, 6.45) is -2.88.